The Balaban J connectivity index is 1.45. The van der Waals surface area contributed by atoms with Gasteiger partial charge in [0.1, 0.15) is 6.33 Å². The summed E-state index contributed by atoms with van der Waals surface area (Å²) < 4.78 is 26.4. The van der Waals surface area contributed by atoms with Crippen molar-refractivity contribution >= 4 is 28.4 Å². The van der Waals surface area contributed by atoms with Gasteiger partial charge < -0.3 is 16.0 Å². The number of anilines is 1. The Kier molecular flexibility index (Phi) is 5.26. The molecule has 3 N–H and O–H groups in total. The van der Waals surface area contributed by atoms with Crippen molar-refractivity contribution in [3.05, 3.63) is 65.6 Å². The molecule has 1 atom stereocenters. The Hall–Kier alpha value is -3.62. The summed E-state index contributed by atoms with van der Waals surface area (Å²) in [6.07, 6.45) is 3.87. The fourth-order valence-electron chi connectivity index (χ4n) is 3.73. The predicted molar refractivity (Wildman–Crippen MR) is 107 cm³/mol. The van der Waals surface area contributed by atoms with Crippen molar-refractivity contribution in [1.82, 2.24) is 15.3 Å². The number of fused-ring (bicyclic) bond motifs is 1. The van der Waals surface area contributed by atoms with Crippen LogP contribution in [0.1, 0.15) is 27.1 Å². The van der Waals surface area contributed by atoms with E-state index in [0.717, 1.165) is 36.2 Å². The minimum absolute atomic E-state index is 0.0777. The van der Waals surface area contributed by atoms with Gasteiger partial charge in [-0.2, -0.15) is 0 Å². The van der Waals surface area contributed by atoms with Crippen molar-refractivity contribution in [3.63, 3.8) is 0 Å². The maximum absolute atomic E-state index is 13.3. The van der Waals surface area contributed by atoms with Crippen molar-refractivity contribution < 1.29 is 18.4 Å². The van der Waals surface area contributed by atoms with Gasteiger partial charge in [-0.05, 0) is 42.7 Å². The maximum atomic E-state index is 13.3. The van der Waals surface area contributed by atoms with Crippen LogP contribution in [0, 0.1) is 17.6 Å². The van der Waals surface area contributed by atoms with E-state index in [0.29, 0.717) is 24.2 Å². The second-order valence-corrected chi connectivity index (χ2v) is 7.22. The van der Waals surface area contributed by atoms with E-state index in [1.165, 1.54) is 12.4 Å². The molecule has 30 heavy (non-hydrogen) atoms. The molecule has 2 heterocycles. The quantitative estimate of drug-likeness (QED) is 0.671. The third kappa shape index (κ3) is 3.78. The van der Waals surface area contributed by atoms with Gasteiger partial charge in [-0.1, -0.05) is 0 Å². The van der Waals surface area contributed by atoms with E-state index >= 15 is 0 Å². The molecule has 9 heteroatoms. The average Bonchev–Trinajstić information content (AvgIpc) is 3.21. The molecule has 1 aliphatic heterocycles. The zero-order chi connectivity index (χ0) is 21.3. The fraction of sp³-hybridized carbons (Fsp3) is 0.238. The highest BCUT2D eigenvalue weighted by molar-refractivity contribution is 6.08. The molecular formula is C21H19F2N5O2. The van der Waals surface area contributed by atoms with E-state index in [2.05, 4.69) is 20.2 Å². The third-order valence-corrected chi connectivity index (χ3v) is 5.28. The highest BCUT2D eigenvalue weighted by Crippen LogP contribution is 2.31. The zero-order valence-electron chi connectivity index (χ0n) is 15.9. The van der Waals surface area contributed by atoms with Crippen LogP contribution in [0.2, 0.25) is 0 Å². The SMILES string of the molecule is NC(=O)c1ccc(N2CCC(CNC(=O)c3ccc(F)c(F)c3)C2)c2cncnc12. The minimum atomic E-state index is -1.05. The second-order valence-electron chi connectivity index (χ2n) is 7.22. The van der Waals surface area contributed by atoms with Crippen molar-refractivity contribution in [2.24, 2.45) is 11.7 Å². The Bertz CT molecular complexity index is 1140. The number of carbonyl (C=O) groups excluding carboxylic acids is 2. The number of rotatable bonds is 5. The zero-order valence-corrected chi connectivity index (χ0v) is 15.9. The molecule has 1 fully saturated rings. The Morgan fingerprint density at radius 3 is 2.80 bits per heavy atom. The maximum Gasteiger partial charge on any atom is 0.251 e. The molecule has 2 amide bonds. The molecule has 1 aromatic heterocycles. The number of nitrogens with one attached hydrogen (secondary N) is 1. The molecule has 1 unspecified atom stereocenters. The number of aromatic nitrogens is 2. The summed E-state index contributed by atoms with van der Waals surface area (Å²) in [4.78, 5) is 34.3. The van der Waals surface area contributed by atoms with Crippen molar-refractivity contribution in [1.29, 1.82) is 0 Å². The van der Waals surface area contributed by atoms with Crippen LogP contribution in [-0.2, 0) is 0 Å². The van der Waals surface area contributed by atoms with E-state index in [4.69, 9.17) is 5.73 Å². The molecule has 1 saturated heterocycles. The first kappa shape index (κ1) is 19.7. The first-order chi connectivity index (χ1) is 14.4. The smallest absolute Gasteiger partial charge is 0.251 e. The Morgan fingerprint density at radius 1 is 1.20 bits per heavy atom. The van der Waals surface area contributed by atoms with E-state index in [1.54, 1.807) is 12.3 Å². The summed E-state index contributed by atoms with van der Waals surface area (Å²) in [6.45, 7) is 1.84. The highest BCUT2D eigenvalue weighted by Gasteiger charge is 2.25. The summed E-state index contributed by atoms with van der Waals surface area (Å²) in [5, 5.41) is 3.52. The third-order valence-electron chi connectivity index (χ3n) is 5.28. The molecular weight excluding hydrogens is 392 g/mol. The number of carbonyl (C=O) groups is 2. The summed E-state index contributed by atoms with van der Waals surface area (Å²) in [6, 6.07) is 6.56. The lowest BCUT2D eigenvalue weighted by Gasteiger charge is -2.21. The first-order valence-corrected chi connectivity index (χ1v) is 9.44. The number of nitrogens with zero attached hydrogens (tertiary/aromatic N) is 3. The standard InChI is InChI=1S/C21H19F2N5O2/c22-16-3-1-13(7-17(16)23)21(30)26-8-12-5-6-28(10-12)18-4-2-14(20(24)29)19-15(18)9-25-11-27-19/h1-4,7,9,11-12H,5-6,8,10H2,(H2,24,29)(H,26,30). The molecule has 0 radical (unpaired) electrons. The monoisotopic (exact) mass is 411 g/mol. The highest BCUT2D eigenvalue weighted by atomic mass is 19.2. The second kappa shape index (κ2) is 8.02. The molecule has 7 nitrogen and oxygen atoms in total. The van der Waals surface area contributed by atoms with Gasteiger partial charge in [-0.3, -0.25) is 9.59 Å². The van der Waals surface area contributed by atoms with Crippen molar-refractivity contribution in [2.45, 2.75) is 6.42 Å². The molecule has 0 bridgehead atoms. The number of nitrogens with two attached hydrogens (primary N) is 1. The molecule has 3 aromatic rings. The summed E-state index contributed by atoms with van der Waals surface area (Å²) in [5.74, 6) is -2.86. The van der Waals surface area contributed by atoms with Crippen molar-refractivity contribution in [3.8, 4) is 0 Å². The van der Waals surface area contributed by atoms with E-state index < -0.39 is 23.4 Å². The van der Waals surface area contributed by atoms with Crippen LogP contribution >= 0.6 is 0 Å². The largest absolute Gasteiger partial charge is 0.371 e. The lowest BCUT2D eigenvalue weighted by Crippen LogP contribution is -2.31. The van der Waals surface area contributed by atoms with Crippen LogP contribution in [0.5, 0.6) is 0 Å². The van der Waals surface area contributed by atoms with Gasteiger partial charge in [-0.15, -0.1) is 0 Å². The molecule has 0 saturated carbocycles. The van der Waals surface area contributed by atoms with Gasteiger partial charge in [0.25, 0.3) is 11.8 Å². The van der Waals surface area contributed by atoms with E-state index in [1.807, 2.05) is 6.07 Å². The Labute approximate surface area is 170 Å². The molecule has 0 aliphatic carbocycles. The predicted octanol–water partition coefficient (Wildman–Crippen LogP) is 2.26. The molecule has 2 aromatic carbocycles. The van der Waals surface area contributed by atoms with Crippen LogP contribution in [0.25, 0.3) is 10.9 Å². The molecule has 0 spiro atoms. The van der Waals surface area contributed by atoms with Crippen LogP contribution < -0.4 is 16.0 Å². The lowest BCUT2D eigenvalue weighted by atomic mass is 10.1. The minimum Gasteiger partial charge on any atom is -0.371 e. The number of benzene rings is 2. The molecule has 4 rings (SSSR count). The van der Waals surface area contributed by atoms with Crippen LogP contribution in [0.3, 0.4) is 0 Å². The van der Waals surface area contributed by atoms with E-state index in [-0.39, 0.29) is 11.5 Å². The number of hydrogen-bond donors (Lipinski definition) is 2. The topological polar surface area (TPSA) is 101 Å². The number of primary amides is 1. The average molecular weight is 411 g/mol. The first-order valence-electron chi connectivity index (χ1n) is 9.44. The Morgan fingerprint density at radius 2 is 2.03 bits per heavy atom. The number of hydrogen-bond acceptors (Lipinski definition) is 5. The van der Waals surface area contributed by atoms with Crippen LogP contribution in [-0.4, -0.2) is 41.4 Å². The van der Waals surface area contributed by atoms with Crippen molar-refractivity contribution in [2.75, 3.05) is 24.5 Å². The van der Waals surface area contributed by atoms with Gasteiger partial charge in [-0.25, -0.2) is 18.7 Å². The number of halogens is 2. The molecule has 154 valence electrons. The fourth-order valence-corrected chi connectivity index (χ4v) is 3.73. The lowest BCUT2D eigenvalue weighted by molar-refractivity contribution is 0.0946. The van der Waals surface area contributed by atoms with Gasteiger partial charge in [0.15, 0.2) is 11.6 Å². The summed E-state index contributed by atoms with van der Waals surface area (Å²) in [7, 11) is 0. The van der Waals surface area contributed by atoms with Crippen LogP contribution in [0.4, 0.5) is 14.5 Å². The summed E-state index contributed by atoms with van der Waals surface area (Å²) >= 11 is 0. The van der Waals surface area contributed by atoms with Gasteiger partial charge in [0.05, 0.1) is 11.1 Å². The number of amides is 2. The molecule has 1 aliphatic rings. The van der Waals surface area contributed by atoms with E-state index in [9.17, 15) is 18.4 Å². The normalized spacial score (nSPS) is 16.1. The van der Waals surface area contributed by atoms with Gasteiger partial charge in [0.2, 0.25) is 0 Å². The van der Waals surface area contributed by atoms with Crippen LogP contribution in [0.15, 0.2) is 42.9 Å². The summed E-state index contributed by atoms with van der Waals surface area (Å²) in [5.41, 5.74) is 7.26. The van der Waals surface area contributed by atoms with Gasteiger partial charge >= 0.3 is 0 Å². The van der Waals surface area contributed by atoms with Gasteiger partial charge in [0, 0.05) is 42.5 Å².